The van der Waals surface area contributed by atoms with Crippen LogP contribution < -0.4 is 25.4 Å². The molecular weight excluding hydrogens is 578 g/mol. The molecule has 2 rings (SSSR count). The number of hydrogen-bond acceptors (Lipinski definition) is 10. The van der Waals surface area contributed by atoms with Gasteiger partial charge in [-0.3, -0.25) is 14.4 Å². The van der Waals surface area contributed by atoms with Crippen molar-refractivity contribution in [2.24, 2.45) is 0 Å². The van der Waals surface area contributed by atoms with Gasteiger partial charge in [0.1, 0.15) is 36.9 Å². The molecule has 45 heavy (non-hydrogen) atoms. The summed E-state index contributed by atoms with van der Waals surface area (Å²) < 4.78 is 15.7. The van der Waals surface area contributed by atoms with E-state index in [2.05, 4.69) is 20.7 Å². The van der Waals surface area contributed by atoms with Gasteiger partial charge in [-0.05, 0) is 55.7 Å². The lowest BCUT2D eigenvalue weighted by molar-refractivity contribution is -0.140. The van der Waals surface area contributed by atoms with Crippen molar-refractivity contribution in [2.75, 3.05) is 38.7 Å². The lowest BCUT2D eigenvalue weighted by Crippen LogP contribution is -2.35. The predicted octanol–water partition coefficient (Wildman–Crippen LogP) is 3.90. The first-order valence-electron chi connectivity index (χ1n) is 15.5. The molecule has 0 spiro atoms. The lowest BCUT2D eigenvalue weighted by Gasteiger charge is -2.17. The molecule has 11 nitrogen and oxygen atoms in total. The van der Waals surface area contributed by atoms with Crippen LogP contribution in [0.4, 0.5) is 5.69 Å². The van der Waals surface area contributed by atoms with Crippen LogP contribution in [0.1, 0.15) is 76.7 Å². The first kappa shape index (κ1) is 39.5. The van der Waals surface area contributed by atoms with E-state index in [-0.39, 0.29) is 36.9 Å². The number of carbonyl (C=O) groups excluding carboxylic acids is 3. The van der Waals surface area contributed by atoms with Gasteiger partial charge in [0.2, 0.25) is 5.91 Å². The molecule has 0 aliphatic carbocycles. The van der Waals surface area contributed by atoms with Crippen LogP contribution in [0.5, 0.6) is 11.5 Å². The smallest absolute Gasteiger partial charge is 0.305 e. The van der Waals surface area contributed by atoms with Gasteiger partial charge < -0.3 is 40.4 Å². The van der Waals surface area contributed by atoms with E-state index in [1.165, 1.54) is 14.0 Å². The number of nitrogens with one attached hydrogen (secondary N) is 3. The van der Waals surface area contributed by atoms with Crippen LogP contribution in [0, 0.1) is 0 Å². The molecule has 0 aliphatic heterocycles. The lowest BCUT2D eigenvalue weighted by atomic mass is 10.1. The van der Waals surface area contributed by atoms with Crippen LogP contribution in [-0.2, 0) is 20.7 Å². The molecule has 2 aromatic carbocycles. The number of rotatable bonds is 19. The molecule has 1 amide bonds. The number of esters is 1. The molecule has 0 fully saturated rings. The Bertz CT molecular complexity index is 1150. The maximum absolute atomic E-state index is 11.8. The second-order valence-corrected chi connectivity index (χ2v) is 11.3. The molecule has 0 saturated carbocycles. The van der Waals surface area contributed by atoms with Crippen LogP contribution >= 0.6 is 0 Å². The van der Waals surface area contributed by atoms with Crippen LogP contribution in [0.2, 0.25) is 0 Å². The highest BCUT2D eigenvalue weighted by atomic mass is 16.5. The number of aliphatic hydroxyl groups excluding tert-OH is 2. The fraction of sp³-hybridized carbons (Fsp3) is 0.559. The minimum atomic E-state index is -0.670. The van der Waals surface area contributed by atoms with E-state index in [1.807, 2.05) is 58.9 Å². The summed E-state index contributed by atoms with van der Waals surface area (Å²) in [6, 6.07) is 13.1. The molecular formula is C34H53N3O8. The molecule has 0 aromatic heterocycles. The van der Waals surface area contributed by atoms with Gasteiger partial charge in [0.15, 0.2) is 5.78 Å². The maximum atomic E-state index is 11.8. The van der Waals surface area contributed by atoms with Crippen molar-refractivity contribution in [2.45, 2.75) is 91.5 Å². The van der Waals surface area contributed by atoms with Gasteiger partial charge in [-0.2, -0.15) is 0 Å². The Morgan fingerprint density at radius 2 is 1.40 bits per heavy atom. The highest BCUT2D eigenvalue weighted by Gasteiger charge is 2.13. The number of hydrogen-bond donors (Lipinski definition) is 5. The van der Waals surface area contributed by atoms with Gasteiger partial charge >= 0.3 is 5.97 Å². The molecule has 0 bridgehead atoms. The van der Waals surface area contributed by atoms with Crippen LogP contribution in [0.25, 0.3) is 0 Å². The topological polar surface area (TPSA) is 155 Å². The largest absolute Gasteiger partial charge is 0.491 e. The highest BCUT2D eigenvalue weighted by molar-refractivity contribution is 5.99. The first-order valence-corrected chi connectivity index (χ1v) is 15.5. The quantitative estimate of drug-likeness (QED) is 0.114. The number of Topliss-reactive ketones (excluding diaryl/α,β-unsaturated/α-hetero) is 1. The van der Waals surface area contributed by atoms with E-state index < -0.39 is 12.2 Å². The van der Waals surface area contributed by atoms with Gasteiger partial charge in [0.05, 0.1) is 12.7 Å². The Balaban J connectivity index is 0.000000454. The third-order valence-corrected chi connectivity index (χ3v) is 6.29. The molecule has 2 unspecified atom stereocenters. The number of benzene rings is 2. The molecule has 5 N–H and O–H groups in total. The van der Waals surface area contributed by atoms with Crippen molar-refractivity contribution < 1.29 is 38.8 Å². The van der Waals surface area contributed by atoms with Gasteiger partial charge in [-0.15, -0.1) is 0 Å². The van der Waals surface area contributed by atoms with Crippen molar-refractivity contribution in [1.29, 1.82) is 0 Å². The van der Waals surface area contributed by atoms with E-state index in [0.29, 0.717) is 61.1 Å². The summed E-state index contributed by atoms with van der Waals surface area (Å²) in [6.45, 7) is 12.7. The summed E-state index contributed by atoms with van der Waals surface area (Å²) in [4.78, 5) is 34.5. The molecule has 2 atom stereocenters. The summed E-state index contributed by atoms with van der Waals surface area (Å²) in [5.74, 6) is 0.651. The fourth-order valence-corrected chi connectivity index (χ4v) is 3.80. The number of ether oxygens (including phenoxy) is 3. The van der Waals surface area contributed by atoms with E-state index in [0.717, 1.165) is 12.0 Å². The van der Waals surface area contributed by atoms with Crippen molar-refractivity contribution in [3.8, 4) is 11.5 Å². The third-order valence-electron chi connectivity index (χ3n) is 6.29. The monoisotopic (exact) mass is 631 g/mol. The number of carbonyl (C=O) groups is 3. The van der Waals surface area contributed by atoms with E-state index in [4.69, 9.17) is 9.47 Å². The minimum Gasteiger partial charge on any atom is -0.491 e. The zero-order valence-corrected chi connectivity index (χ0v) is 27.9. The number of methoxy groups -OCH3 is 1. The van der Waals surface area contributed by atoms with E-state index >= 15 is 0 Å². The normalized spacial score (nSPS) is 12.2. The van der Waals surface area contributed by atoms with Gasteiger partial charge in [-0.1, -0.05) is 46.8 Å². The zero-order chi connectivity index (χ0) is 33.8. The highest BCUT2D eigenvalue weighted by Crippen LogP contribution is 2.24. The second-order valence-electron chi connectivity index (χ2n) is 11.3. The minimum absolute atomic E-state index is 0.0849. The Hall–Kier alpha value is -3.51. The average Bonchev–Trinajstić information content (AvgIpc) is 3.00. The molecule has 0 heterocycles. The molecule has 252 valence electrons. The standard InChI is InChI=1S/C18H28N2O4.C16H25NO4/c1-5-6-18(23)20-14-7-8-17(16(9-14)13(4)21)24-11-15(22)10-19-12(2)3;1-12(2)17-10-14(18)11-21-15-7-4-13(5-8-15)6-9-16(19)20-3/h7-9,12,15,19,22H,5-6,10-11H2,1-4H3,(H,20,23);4-5,7-8,12,14,17-18H,6,9-11H2,1-3H3. The van der Waals surface area contributed by atoms with Crippen molar-refractivity contribution in [3.05, 3.63) is 53.6 Å². The number of anilines is 1. The van der Waals surface area contributed by atoms with Gasteiger partial charge in [-0.25, -0.2) is 0 Å². The van der Waals surface area contributed by atoms with Gasteiger partial charge in [0.25, 0.3) is 0 Å². The summed E-state index contributed by atoms with van der Waals surface area (Å²) in [6.07, 6.45) is 1.00. The molecule has 11 heteroatoms. The van der Waals surface area contributed by atoms with E-state index in [9.17, 15) is 24.6 Å². The summed E-state index contributed by atoms with van der Waals surface area (Å²) in [5.41, 5.74) is 2.00. The molecule has 0 aliphatic rings. The Morgan fingerprint density at radius 1 is 0.822 bits per heavy atom. The number of ketones is 1. The number of amides is 1. The Morgan fingerprint density at radius 3 is 1.91 bits per heavy atom. The van der Waals surface area contributed by atoms with Crippen molar-refractivity contribution in [3.63, 3.8) is 0 Å². The summed E-state index contributed by atoms with van der Waals surface area (Å²) >= 11 is 0. The SMILES string of the molecule is CCCC(=O)Nc1ccc(OCC(O)CNC(C)C)c(C(C)=O)c1.COC(=O)CCc1ccc(OCC(O)CNC(C)C)cc1. The van der Waals surface area contributed by atoms with Gasteiger partial charge in [0, 0.05) is 43.7 Å². The average molecular weight is 632 g/mol. The molecule has 0 saturated heterocycles. The van der Waals surface area contributed by atoms with Crippen LogP contribution in [0.3, 0.4) is 0 Å². The number of aliphatic hydroxyl groups is 2. The summed E-state index contributed by atoms with van der Waals surface area (Å²) in [5, 5.41) is 28.7. The zero-order valence-electron chi connectivity index (χ0n) is 27.9. The fourth-order valence-electron chi connectivity index (χ4n) is 3.80. The third kappa shape index (κ3) is 18.1. The second kappa shape index (κ2) is 22.1. The predicted molar refractivity (Wildman–Crippen MR) is 176 cm³/mol. The van der Waals surface area contributed by atoms with Crippen LogP contribution in [-0.4, -0.2) is 85.6 Å². The van der Waals surface area contributed by atoms with Crippen molar-refractivity contribution in [1.82, 2.24) is 10.6 Å². The molecule has 2 aromatic rings. The first-order chi connectivity index (χ1) is 21.3. The van der Waals surface area contributed by atoms with Crippen LogP contribution in [0.15, 0.2) is 42.5 Å². The molecule has 0 radical (unpaired) electrons. The van der Waals surface area contributed by atoms with Crippen molar-refractivity contribution >= 4 is 23.3 Å². The Labute approximate surface area is 268 Å². The number of aryl methyl sites for hydroxylation is 1. The Kier molecular flexibility index (Phi) is 19.4. The summed E-state index contributed by atoms with van der Waals surface area (Å²) in [7, 11) is 1.39. The van der Waals surface area contributed by atoms with E-state index in [1.54, 1.807) is 18.2 Å². The maximum Gasteiger partial charge on any atom is 0.305 e.